The first-order valence-electron chi connectivity index (χ1n) is 9.69. The maximum atomic E-state index is 12.6. The van der Waals surface area contributed by atoms with E-state index in [1.165, 1.54) is 16.3 Å². The Balaban J connectivity index is 1.92. The third-order valence-corrected chi connectivity index (χ3v) is 4.45. The van der Waals surface area contributed by atoms with E-state index in [1.54, 1.807) is 11.9 Å². The molecule has 0 aliphatic rings. The van der Waals surface area contributed by atoms with Gasteiger partial charge in [0.15, 0.2) is 0 Å². The molecule has 0 atom stereocenters. The molecule has 0 spiro atoms. The van der Waals surface area contributed by atoms with Crippen molar-refractivity contribution in [3.05, 3.63) is 48.0 Å². The van der Waals surface area contributed by atoms with Crippen LogP contribution in [-0.4, -0.2) is 41.6 Å². The van der Waals surface area contributed by atoms with Gasteiger partial charge in [-0.05, 0) is 57.4 Å². The van der Waals surface area contributed by atoms with Gasteiger partial charge < -0.3 is 15.0 Å². The van der Waals surface area contributed by atoms with Gasteiger partial charge in [-0.3, -0.25) is 4.79 Å². The molecule has 0 radical (unpaired) electrons. The fraction of sp³-hybridized carbons (Fsp3) is 0.478. The molecular formula is C23H32N2O3. The van der Waals surface area contributed by atoms with Crippen LogP contribution in [0.15, 0.2) is 42.5 Å². The summed E-state index contributed by atoms with van der Waals surface area (Å²) in [6.45, 7) is 9.71. The summed E-state index contributed by atoms with van der Waals surface area (Å²) in [6, 6.07) is 14.5. The van der Waals surface area contributed by atoms with Gasteiger partial charge in [-0.25, -0.2) is 4.79 Å². The minimum Gasteiger partial charge on any atom is -0.444 e. The number of nitrogens with one attached hydrogen (secondary N) is 1. The molecule has 0 saturated carbocycles. The van der Waals surface area contributed by atoms with E-state index in [2.05, 4.69) is 29.6 Å². The molecule has 0 unspecified atom stereocenters. The van der Waals surface area contributed by atoms with Crippen molar-refractivity contribution in [2.75, 3.05) is 13.6 Å². The predicted molar refractivity (Wildman–Crippen MR) is 113 cm³/mol. The van der Waals surface area contributed by atoms with Crippen LogP contribution in [0.4, 0.5) is 4.79 Å². The number of likely N-dealkylation sites (N-methyl/N-ethyl adjacent to an activating group) is 1. The molecule has 1 N–H and O–H groups in total. The van der Waals surface area contributed by atoms with Crippen LogP contribution in [0.1, 0.15) is 46.6 Å². The average Bonchev–Trinajstić information content (AvgIpc) is 2.56. The number of amides is 2. The lowest BCUT2D eigenvalue weighted by Gasteiger charge is -2.30. The number of nitrogens with zero attached hydrogens (tertiary/aromatic N) is 1. The Bertz CT molecular complexity index is 832. The molecule has 0 aliphatic carbocycles. The normalized spacial score (nSPS) is 11.9. The van der Waals surface area contributed by atoms with Crippen LogP contribution in [-0.2, 0) is 16.0 Å². The van der Waals surface area contributed by atoms with Crippen molar-refractivity contribution in [2.24, 2.45) is 0 Å². The molecule has 152 valence electrons. The molecule has 2 aromatic carbocycles. The molecular weight excluding hydrogens is 352 g/mol. The van der Waals surface area contributed by atoms with Crippen molar-refractivity contribution in [1.29, 1.82) is 0 Å². The third kappa shape index (κ3) is 6.55. The minimum atomic E-state index is -0.687. The van der Waals surface area contributed by atoms with Gasteiger partial charge in [-0.15, -0.1) is 0 Å². The summed E-state index contributed by atoms with van der Waals surface area (Å²) in [5.74, 6) is -0.0127. The minimum absolute atomic E-state index is 0.0127. The van der Waals surface area contributed by atoms with Crippen LogP contribution in [0, 0.1) is 0 Å². The average molecular weight is 385 g/mol. The van der Waals surface area contributed by atoms with Crippen molar-refractivity contribution >= 4 is 22.8 Å². The van der Waals surface area contributed by atoms with E-state index in [1.807, 2.05) is 52.8 Å². The Labute approximate surface area is 168 Å². The summed E-state index contributed by atoms with van der Waals surface area (Å²) < 4.78 is 5.29. The highest BCUT2D eigenvalue weighted by atomic mass is 16.6. The largest absolute Gasteiger partial charge is 0.444 e. The monoisotopic (exact) mass is 384 g/mol. The van der Waals surface area contributed by atoms with E-state index in [4.69, 9.17) is 4.74 Å². The van der Waals surface area contributed by atoms with Crippen LogP contribution in [0.5, 0.6) is 0 Å². The summed E-state index contributed by atoms with van der Waals surface area (Å²) in [6.07, 6.45) is 0.477. The van der Waals surface area contributed by atoms with Crippen molar-refractivity contribution in [2.45, 2.75) is 58.6 Å². The maximum Gasteiger partial charge on any atom is 0.408 e. The Morgan fingerprint density at radius 3 is 2.32 bits per heavy atom. The number of rotatable bonds is 6. The lowest BCUT2D eigenvalue weighted by atomic mass is 9.99. The molecule has 0 aromatic heterocycles. The molecule has 0 aliphatic heterocycles. The zero-order chi connectivity index (χ0) is 20.9. The zero-order valence-corrected chi connectivity index (χ0v) is 17.8. The Morgan fingerprint density at radius 2 is 1.64 bits per heavy atom. The molecule has 2 rings (SSSR count). The molecule has 0 fully saturated rings. The van der Waals surface area contributed by atoms with E-state index in [9.17, 15) is 9.59 Å². The fourth-order valence-electron chi connectivity index (χ4n) is 3.06. The summed E-state index contributed by atoms with van der Waals surface area (Å²) >= 11 is 0. The molecule has 2 aromatic rings. The molecule has 5 heteroatoms. The number of hydrogen-bond acceptors (Lipinski definition) is 3. The number of carbonyl (C=O) groups is 2. The van der Waals surface area contributed by atoms with Crippen molar-refractivity contribution in [1.82, 2.24) is 10.2 Å². The van der Waals surface area contributed by atoms with Gasteiger partial charge in [0.05, 0.1) is 0 Å². The third-order valence-electron chi connectivity index (χ3n) is 4.45. The van der Waals surface area contributed by atoms with Crippen LogP contribution in [0.25, 0.3) is 10.8 Å². The number of carbonyl (C=O) groups excluding carboxylic acids is 2. The predicted octanol–water partition coefficient (Wildman–Crippen LogP) is 4.53. The first-order chi connectivity index (χ1) is 13.0. The summed E-state index contributed by atoms with van der Waals surface area (Å²) in [7, 11) is 1.80. The van der Waals surface area contributed by atoms with E-state index in [0.717, 1.165) is 6.42 Å². The topological polar surface area (TPSA) is 58.6 Å². The quantitative estimate of drug-likeness (QED) is 0.796. The highest BCUT2D eigenvalue weighted by Crippen LogP contribution is 2.19. The summed E-state index contributed by atoms with van der Waals surface area (Å²) in [4.78, 5) is 26.4. The second-order valence-electron chi connectivity index (χ2n) is 8.89. The Hall–Kier alpha value is -2.56. The van der Waals surface area contributed by atoms with Crippen molar-refractivity contribution < 1.29 is 14.3 Å². The van der Waals surface area contributed by atoms with E-state index < -0.39 is 17.2 Å². The van der Waals surface area contributed by atoms with E-state index in [0.29, 0.717) is 6.54 Å². The first kappa shape index (κ1) is 21.7. The van der Waals surface area contributed by atoms with Crippen LogP contribution < -0.4 is 5.32 Å². The number of fused-ring (bicyclic) bond motifs is 1. The molecule has 2 amide bonds. The van der Waals surface area contributed by atoms with Gasteiger partial charge in [0, 0.05) is 25.6 Å². The zero-order valence-electron chi connectivity index (χ0n) is 17.8. The standard InChI is InChI=1S/C23H32N2O3/c1-22(2,3)28-21(27)24-23(4,5)16-20(26)25(6)15-14-18-12-9-11-17-10-7-8-13-19(17)18/h7-13H,14-16H2,1-6H3,(H,24,27). The van der Waals surface area contributed by atoms with E-state index >= 15 is 0 Å². The highest BCUT2D eigenvalue weighted by Gasteiger charge is 2.28. The van der Waals surface area contributed by atoms with Gasteiger partial charge in [-0.2, -0.15) is 0 Å². The maximum absolute atomic E-state index is 12.6. The molecule has 5 nitrogen and oxygen atoms in total. The smallest absolute Gasteiger partial charge is 0.408 e. The molecule has 0 saturated heterocycles. The first-order valence-corrected chi connectivity index (χ1v) is 9.69. The number of hydrogen-bond donors (Lipinski definition) is 1. The number of benzene rings is 2. The van der Waals surface area contributed by atoms with Crippen LogP contribution >= 0.6 is 0 Å². The van der Waals surface area contributed by atoms with Gasteiger partial charge in [-0.1, -0.05) is 42.5 Å². The lowest BCUT2D eigenvalue weighted by Crippen LogP contribution is -2.48. The number of ether oxygens (including phenoxy) is 1. The summed E-state index contributed by atoms with van der Waals surface area (Å²) in [5.41, 5.74) is -0.0316. The second-order valence-corrected chi connectivity index (χ2v) is 8.89. The SMILES string of the molecule is CN(CCc1cccc2ccccc12)C(=O)CC(C)(C)NC(=O)OC(C)(C)C. The summed E-state index contributed by atoms with van der Waals surface area (Å²) in [5, 5.41) is 5.21. The second kappa shape index (κ2) is 8.63. The van der Waals surface area contributed by atoms with E-state index in [-0.39, 0.29) is 12.3 Å². The Morgan fingerprint density at radius 1 is 1.00 bits per heavy atom. The van der Waals surface area contributed by atoms with Gasteiger partial charge >= 0.3 is 6.09 Å². The van der Waals surface area contributed by atoms with Crippen molar-refractivity contribution in [3.8, 4) is 0 Å². The lowest BCUT2D eigenvalue weighted by molar-refractivity contribution is -0.131. The molecule has 0 heterocycles. The number of alkyl carbamates (subject to hydrolysis) is 1. The molecule has 28 heavy (non-hydrogen) atoms. The van der Waals surface area contributed by atoms with Gasteiger partial charge in [0.1, 0.15) is 5.60 Å². The van der Waals surface area contributed by atoms with Crippen LogP contribution in [0.2, 0.25) is 0 Å². The van der Waals surface area contributed by atoms with Gasteiger partial charge in [0.2, 0.25) is 5.91 Å². The highest BCUT2D eigenvalue weighted by molar-refractivity contribution is 5.85. The Kier molecular flexibility index (Phi) is 6.70. The van der Waals surface area contributed by atoms with Gasteiger partial charge in [0.25, 0.3) is 0 Å². The van der Waals surface area contributed by atoms with Crippen LogP contribution in [0.3, 0.4) is 0 Å². The fourth-order valence-corrected chi connectivity index (χ4v) is 3.06. The van der Waals surface area contributed by atoms with Crippen molar-refractivity contribution in [3.63, 3.8) is 0 Å². The molecule has 0 bridgehead atoms.